The number of carbonyl (C=O) groups excluding carboxylic acids is 2. The number of primary amides is 1. The highest BCUT2D eigenvalue weighted by molar-refractivity contribution is 7.80. The first kappa shape index (κ1) is 22.2. The Hall–Kier alpha value is -3.03. The summed E-state index contributed by atoms with van der Waals surface area (Å²) in [4.78, 5) is 26.6. The second-order valence-corrected chi connectivity index (χ2v) is 9.63. The fraction of sp³-hybridized carbons (Fsp3) is 0.240. The molecule has 0 spiro atoms. The van der Waals surface area contributed by atoms with Crippen molar-refractivity contribution in [3.63, 3.8) is 0 Å². The minimum atomic E-state index is -0.509. The topological polar surface area (TPSA) is 84.2 Å². The Kier molecular flexibility index (Phi) is 6.67. The number of fused-ring (bicyclic) bond motifs is 1. The molecule has 164 valence electrons. The Morgan fingerprint density at radius 1 is 1.06 bits per heavy atom. The van der Waals surface area contributed by atoms with E-state index in [-0.39, 0.29) is 11.0 Å². The van der Waals surface area contributed by atoms with Crippen LogP contribution in [0, 0.1) is 5.92 Å². The van der Waals surface area contributed by atoms with Crippen LogP contribution in [0.3, 0.4) is 0 Å². The van der Waals surface area contributed by atoms with Crippen LogP contribution in [0.5, 0.6) is 0 Å². The first-order valence-corrected chi connectivity index (χ1v) is 11.8. The molecule has 3 aromatic rings. The molecule has 4 N–H and O–H groups in total. The van der Waals surface area contributed by atoms with Crippen molar-refractivity contribution in [3.8, 4) is 0 Å². The number of benzene rings is 2. The monoisotopic (exact) mass is 463 g/mol. The average molecular weight is 464 g/mol. The van der Waals surface area contributed by atoms with Crippen LogP contribution >= 0.6 is 23.6 Å². The molecule has 0 radical (unpaired) electrons. The van der Waals surface area contributed by atoms with E-state index < -0.39 is 11.8 Å². The smallest absolute Gasteiger partial charge is 0.251 e. The molecule has 0 saturated heterocycles. The molecule has 1 heterocycles. The number of hydrogen-bond donors (Lipinski definition) is 3. The summed E-state index contributed by atoms with van der Waals surface area (Å²) in [7, 11) is 0. The summed E-state index contributed by atoms with van der Waals surface area (Å²) in [5.74, 6) is -0.653. The van der Waals surface area contributed by atoms with E-state index in [0.29, 0.717) is 16.5 Å². The fourth-order valence-electron chi connectivity index (χ4n) is 4.20. The third kappa shape index (κ3) is 4.74. The van der Waals surface area contributed by atoms with Crippen molar-refractivity contribution in [2.24, 2.45) is 11.7 Å². The zero-order valence-corrected chi connectivity index (χ0v) is 19.4. The van der Waals surface area contributed by atoms with Gasteiger partial charge in [0.1, 0.15) is 5.00 Å². The molecule has 4 rings (SSSR count). The van der Waals surface area contributed by atoms with Crippen LogP contribution < -0.4 is 16.4 Å². The Morgan fingerprint density at radius 3 is 2.22 bits per heavy atom. The van der Waals surface area contributed by atoms with Crippen molar-refractivity contribution in [2.75, 3.05) is 5.32 Å². The van der Waals surface area contributed by atoms with Gasteiger partial charge in [-0.2, -0.15) is 0 Å². The maximum atomic E-state index is 13.3. The number of carbonyl (C=O) groups is 2. The lowest BCUT2D eigenvalue weighted by Crippen LogP contribution is -2.38. The van der Waals surface area contributed by atoms with E-state index in [2.05, 4.69) is 17.6 Å². The predicted molar refractivity (Wildman–Crippen MR) is 133 cm³/mol. The summed E-state index contributed by atoms with van der Waals surface area (Å²) in [5.41, 5.74) is 8.95. The number of nitrogens with two attached hydrogens (primary N) is 1. The Balaban J connectivity index is 1.56. The van der Waals surface area contributed by atoms with E-state index in [1.165, 1.54) is 16.2 Å². The molecular weight excluding hydrogens is 438 g/mol. The molecule has 0 fully saturated rings. The average Bonchev–Trinajstić information content (AvgIpc) is 3.12. The first-order chi connectivity index (χ1) is 15.4. The molecule has 5 nitrogen and oxygen atoms in total. The third-order valence-corrected chi connectivity index (χ3v) is 7.12. The Bertz CT molecular complexity index is 1100. The van der Waals surface area contributed by atoms with Gasteiger partial charge in [0.05, 0.1) is 11.5 Å². The lowest BCUT2D eigenvalue weighted by atomic mass is 9.88. The van der Waals surface area contributed by atoms with E-state index in [1.54, 1.807) is 0 Å². The highest BCUT2D eigenvalue weighted by Crippen LogP contribution is 2.39. The van der Waals surface area contributed by atoms with Gasteiger partial charge < -0.3 is 16.4 Å². The van der Waals surface area contributed by atoms with Crippen LogP contribution in [0.2, 0.25) is 0 Å². The summed E-state index contributed by atoms with van der Waals surface area (Å²) in [6.07, 6.45) is 2.78. The summed E-state index contributed by atoms with van der Waals surface area (Å²) in [5, 5.41) is 6.65. The molecule has 32 heavy (non-hydrogen) atoms. The maximum Gasteiger partial charge on any atom is 0.251 e. The van der Waals surface area contributed by atoms with Crippen LogP contribution in [0.15, 0.2) is 60.7 Å². The molecule has 7 heteroatoms. The van der Waals surface area contributed by atoms with Crippen molar-refractivity contribution in [1.82, 2.24) is 5.32 Å². The quantitative estimate of drug-likeness (QED) is 0.482. The van der Waals surface area contributed by atoms with E-state index in [9.17, 15) is 9.59 Å². The number of hydrogen-bond acceptors (Lipinski definition) is 4. The molecule has 0 saturated carbocycles. The molecule has 1 aliphatic rings. The number of nitrogens with one attached hydrogen (secondary N) is 2. The number of anilines is 1. The summed E-state index contributed by atoms with van der Waals surface area (Å²) in [6.45, 7) is 2.21. The zero-order chi connectivity index (χ0) is 22.7. The molecule has 1 aromatic heterocycles. The van der Waals surface area contributed by atoms with Gasteiger partial charge >= 0.3 is 0 Å². The van der Waals surface area contributed by atoms with Crippen LogP contribution in [0.25, 0.3) is 0 Å². The highest BCUT2D eigenvalue weighted by atomic mass is 32.1. The van der Waals surface area contributed by atoms with Crippen LogP contribution in [0.4, 0.5) is 5.00 Å². The second kappa shape index (κ2) is 9.63. The van der Waals surface area contributed by atoms with Gasteiger partial charge in [0.2, 0.25) is 5.91 Å². The Labute approximate surface area is 197 Å². The molecule has 0 unspecified atom stereocenters. The summed E-state index contributed by atoms with van der Waals surface area (Å²) in [6, 6.07) is 19.2. The number of thiocarbonyl (C=S) groups is 1. The van der Waals surface area contributed by atoms with Crippen molar-refractivity contribution >= 4 is 45.5 Å². The SMILES string of the molecule is C[C@H]1CCc2c(sc(NC(=S)NC(=O)C(c3ccccc3)c3ccccc3)c2C(N)=O)C1. The minimum Gasteiger partial charge on any atom is -0.365 e. The number of amides is 2. The van der Waals surface area contributed by atoms with Crippen LogP contribution in [-0.2, 0) is 17.6 Å². The van der Waals surface area contributed by atoms with Gasteiger partial charge in [0.25, 0.3) is 5.91 Å². The molecule has 0 aliphatic heterocycles. The van der Waals surface area contributed by atoms with Gasteiger partial charge in [-0.05, 0) is 54.1 Å². The second-order valence-electron chi connectivity index (χ2n) is 8.12. The van der Waals surface area contributed by atoms with Gasteiger partial charge in [-0.3, -0.25) is 9.59 Å². The van der Waals surface area contributed by atoms with Gasteiger partial charge in [0.15, 0.2) is 5.11 Å². The van der Waals surface area contributed by atoms with E-state index in [4.69, 9.17) is 18.0 Å². The lowest BCUT2D eigenvalue weighted by Gasteiger charge is -2.19. The van der Waals surface area contributed by atoms with E-state index in [0.717, 1.165) is 36.0 Å². The first-order valence-electron chi connectivity index (χ1n) is 10.6. The van der Waals surface area contributed by atoms with Crippen LogP contribution in [0.1, 0.15) is 51.2 Å². The van der Waals surface area contributed by atoms with Crippen molar-refractivity contribution < 1.29 is 9.59 Å². The van der Waals surface area contributed by atoms with Gasteiger partial charge in [-0.25, -0.2) is 0 Å². The minimum absolute atomic E-state index is 0.154. The normalized spacial score (nSPS) is 15.1. The molecule has 2 aromatic carbocycles. The highest BCUT2D eigenvalue weighted by Gasteiger charge is 2.28. The maximum absolute atomic E-state index is 13.3. The number of rotatable bonds is 5. The fourth-order valence-corrected chi connectivity index (χ4v) is 5.89. The van der Waals surface area contributed by atoms with Gasteiger partial charge in [0, 0.05) is 4.88 Å². The predicted octanol–water partition coefficient (Wildman–Crippen LogP) is 4.62. The Morgan fingerprint density at radius 2 is 1.66 bits per heavy atom. The largest absolute Gasteiger partial charge is 0.365 e. The standard InChI is InChI=1S/C25H25N3O2S2/c1-15-12-13-18-19(14-15)32-24(21(18)22(26)29)28-25(31)27-23(30)20(16-8-4-2-5-9-16)17-10-6-3-7-11-17/h2-11,15,20H,12-14H2,1H3,(H2,26,29)(H2,27,28,30,31)/t15-/m0/s1. The van der Waals surface area contributed by atoms with Crippen molar-refractivity contribution in [2.45, 2.75) is 32.1 Å². The lowest BCUT2D eigenvalue weighted by molar-refractivity contribution is -0.120. The summed E-state index contributed by atoms with van der Waals surface area (Å²) >= 11 is 6.95. The van der Waals surface area contributed by atoms with Gasteiger partial charge in [-0.1, -0.05) is 67.6 Å². The van der Waals surface area contributed by atoms with Crippen molar-refractivity contribution in [3.05, 3.63) is 87.8 Å². The van der Waals surface area contributed by atoms with Crippen molar-refractivity contribution in [1.29, 1.82) is 0 Å². The van der Waals surface area contributed by atoms with Gasteiger partial charge in [-0.15, -0.1) is 11.3 Å². The van der Waals surface area contributed by atoms with E-state index in [1.807, 2.05) is 60.7 Å². The number of thiophene rings is 1. The van der Waals surface area contributed by atoms with E-state index >= 15 is 0 Å². The van der Waals surface area contributed by atoms with Crippen LogP contribution in [-0.4, -0.2) is 16.9 Å². The molecular formula is C25H25N3O2S2. The molecule has 2 amide bonds. The molecule has 1 aliphatic carbocycles. The zero-order valence-electron chi connectivity index (χ0n) is 17.8. The molecule has 1 atom stereocenters. The third-order valence-electron chi connectivity index (χ3n) is 5.75. The summed E-state index contributed by atoms with van der Waals surface area (Å²) < 4.78 is 0. The molecule has 0 bridgehead atoms.